The summed E-state index contributed by atoms with van der Waals surface area (Å²) in [5, 5.41) is 7.75. The van der Waals surface area contributed by atoms with E-state index in [1.165, 1.54) is 18.3 Å². The van der Waals surface area contributed by atoms with E-state index in [1.807, 2.05) is 5.32 Å². The van der Waals surface area contributed by atoms with E-state index in [0.29, 0.717) is 11.3 Å². The first kappa shape index (κ1) is 20.7. The van der Waals surface area contributed by atoms with Crippen LogP contribution >= 0.6 is 0 Å². The maximum Gasteiger partial charge on any atom is 0.337 e. The number of halogens is 2. The summed E-state index contributed by atoms with van der Waals surface area (Å²) in [6, 6.07) is 8.11. The van der Waals surface area contributed by atoms with Crippen LogP contribution in [0.3, 0.4) is 0 Å². The van der Waals surface area contributed by atoms with Crippen LogP contribution in [0, 0.1) is 17.6 Å². The number of anilines is 1. The van der Waals surface area contributed by atoms with Crippen LogP contribution in [0.25, 0.3) is 0 Å². The molecular weight excluding hydrogens is 372 g/mol. The van der Waals surface area contributed by atoms with Gasteiger partial charge in [-0.25, -0.2) is 18.4 Å². The molecule has 0 aliphatic heterocycles. The molecule has 0 saturated carbocycles. The van der Waals surface area contributed by atoms with Crippen molar-refractivity contribution in [3.63, 3.8) is 0 Å². The van der Waals surface area contributed by atoms with Crippen LogP contribution in [0.5, 0.6) is 0 Å². The molecule has 0 spiro atoms. The lowest BCUT2D eigenvalue weighted by molar-refractivity contribution is -0.147. The van der Waals surface area contributed by atoms with Gasteiger partial charge in [0.1, 0.15) is 17.2 Å². The third-order valence-corrected chi connectivity index (χ3v) is 3.40. The van der Waals surface area contributed by atoms with Gasteiger partial charge >= 0.3 is 12.0 Å². The molecule has 0 aliphatic rings. The summed E-state index contributed by atoms with van der Waals surface area (Å²) >= 11 is 0. The average Bonchev–Trinajstić information content (AvgIpc) is 2.62. The van der Waals surface area contributed by atoms with Gasteiger partial charge in [0, 0.05) is 5.69 Å². The minimum Gasteiger partial charge on any atom is -0.318 e. The standard InChI is InChI=1S/C19H17F2N3O4/c1-11(2)18(26)28-22-10-12-6-8-13(9-7-12)23-19(27)24-17(25)16-14(20)4-3-5-15(16)21/h3-11H,1-2H3,(H2,23,24,25,27)/b22-10+. The van der Waals surface area contributed by atoms with Gasteiger partial charge in [-0.15, -0.1) is 0 Å². The lowest BCUT2D eigenvalue weighted by Gasteiger charge is -2.08. The lowest BCUT2D eigenvalue weighted by Crippen LogP contribution is -2.35. The predicted molar refractivity (Wildman–Crippen MR) is 97.8 cm³/mol. The Hall–Kier alpha value is -3.62. The Morgan fingerprint density at radius 2 is 1.64 bits per heavy atom. The van der Waals surface area contributed by atoms with Crippen molar-refractivity contribution in [2.24, 2.45) is 11.1 Å². The minimum absolute atomic E-state index is 0.303. The smallest absolute Gasteiger partial charge is 0.318 e. The van der Waals surface area contributed by atoms with Gasteiger partial charge in [0.05, 0.1) is 12.1 Å². The van der Waals surface area contributed by atoms with Crippen LogP contribution in [0.2, 0.25) is 0 Å². The lowest BCUT2D eigenvalue weighted by atomic mass is 10.2. The SMILES string of the molecule is CC(C)C(=O)O/N=C/c1ccc(NC(=O)NC(=O)c2c(F)cccc2F)cc1. The van der Waals surface area contributed by atoms with Crippen LogP contribution in [-0.2, 0) is 9.63 Å². The highest BCUT2D eigenvalue weighted by atomic mass is 19.1. The molecule has 0 heterocycles. The van der Waals surface area contributed by atoms with Crippen molar-refractivity contribution in [3.05, 3.63) is 65.2 Å². The van der Waals surface area contributed by atoms with Crippen molar-refractivity contribution >= 4 is 29.8 Å². The molecule has 3 amide bonds. The molecule has 2 N–H and O–H groups in total. The molecule has 0 unspecified atom stereocenters. The summed E-state index contributed by atoms with van der Waals surface area (Å²) < 4.78 is 27.1. The van der Waals surface area contributed by atoms with Gasteiger partial charge in [-0.1, -0.05) is 37.2 Å². The number of amides is 3. The maximum atomic E-state index is 13.5. The Balaban J connectivity index is 1.93. The first-order valence-electron chi connectivity index (χ1n) is 8.18. The minimum atomic E-state index is -1.20. The molecule has 0 aliphatic carbocycles. The maximum absolute atomic E-state index is 13.5. The zero-order valence-corrected chi connectivity index (χ0v) is 15.0. The highest BCUT2D eigenvalue weighted by Crippen LogP contribution is 2.12. The number of rotatable bonds is 5. The molecule has 7 nitrogen and oxygen atoms in total. The molecule has 2 aromatic rings. The number of urea groups is 1. The van der Waals surface area contributed by atoms with Gasteiger partial charge in [0.25, 0.3) is 5.91 Å². The van der Waals surface area contributed by atoms with E-state index in [-0.39, 0.29) is 5.92 Å². The number of nitrogens with one attached hydrogen (secondary N) is 2. The van der Waals surface area contributed by atoms with Crippen molar-refractivity contribution in [2.45, 2.75) is 13.8 Å². The van der Waals surface area contributed by atoms with Crippen LogP contribution < -0.4 is 10.6 Å². The molecule has 0 saturated heterocycles. The Morgan fingerprint density at radius 3 is 2.21 bits per heavy atom. The summed E-state index contributed by atoms with van der Waals surface area (Å²) in [7, 11) is 0. The van der Waals surface area contributed by atoms with Gasteiger partial charge in [-0.05, 0) is 29.8 Å². The molecule has 2 aromatic carbocycles. The van der Waals surface area contributed by atoms with Crippen molar-refractivity contribution in [3.8, 4) is 0 Å². The topological polar surface area (TPSA) is 96.9 Å². The van der Waals surface area contributed by atoms with E-state index in [2.05, 4.69) is 15.3 Å². The molecule has 28 heavy (non-hydrogen) atoms. The second-order valence-electron chi connectivity index (χ2n) is 5.93. The number of benzene rings is 2. The molecule has 0 atom stereocenters. The summed E-state index contributed by atoms with van der Waals surface area (Å²) in [5.41, 5.74) is 0.0582. The van der Waals surface area contributed by atoms with Crippen molar-refractivity contribution < 1.29 is 28.0 Å². The third-order valence-electron chi connectivity index (χ3n) is 3.40. The van der Waals surface area contributed by atoms with Gasteiger partial charge < -0.3 is 10.2 Å². The number of oxime groups is 1. The second-order valence-corrected chi connectivity index (χ2v) is 5.93. The summed E-state index contributed by atoms with van der Waals surface area (Å²) in [4.78, 5) is 39.6. The van der Waals surface area contributed by atoms with Crippen molar-refractivity contribution in [2.75, 3.05) is 5.32 Å². The Morgan fingerprint density at radius 1 is 1.04 bits per heavy atom. The highest BCUT2D eigenvalue weighted by molar-refractivity contribution is 6.08. The Kier molecular flexibility index (Phi) is 6.91. The van der Waals surface area contributed by atoms with Crippen molar-refractivity contribution in [1.82, 2.24) is 5.32 Å². The van der Waals surface area contributed by atoms with Crippen LogP contribution in [0.1, 0.15) is 29.8 Å². The largest absolute Gasteiger partial charge is 0.337 e. The molecule has 0 fully saturated rings. The van der Waals surface area contributed by atoms with Crippen LogP contribution in [0.4, 0.5) is 19.3 Å². The number of carbonyl (C=O) groups is 3. The van der Waals surface area contributed by atoms with E-state index in [1.54, 1.807) is 26.0 Å². The first-order chi connectivity index (χ1) is 13.3. The van der Waals surface area contributed by atoms with Crippen LogP contribution in [-0.4, -0.2) is 24.1 Å². The molecule has 0 radical (unpaired) electrons. The molecular formula is C19H17F2N3O4. The molecule has 146 valence electrons. The van der Waals surface area contributed by atoms with Gasteiger partial charge in [-0.2, -0.15) is 0 Å². The number of carbonyl (C=O) groups excluding carboxylic acids is 3. The summed E-state index contributed by atoms with van der Waals surface area (Å²) in [5.74, 6) is -4.13. The number of hydrogen-bond acceptors (Lipinski definition) is 5. The number of hydrogen-bond donors (Lipinski definition) is 2. The fourth-order valence-electron chi connectivity index (χ4n) is 1.94. The molecule has 0 aromatic heterocycles. The first-order valence-corrected chi connectivity index (χ1v) is 8.18. The number of imide groups is 1. The Bertz CT molecular complexity index is 892. The molecule has 9 heteroatoms. The second kappa shape index (κ2) is 9.36. The van der Waals surface area contributed by atoms with Gasteiger partial charge in [0.15, 0.2) is 0 Å². The predicted octanol–water partition coefficient (Wildman–Crippen LogP) is 3.46. The fraction of sp³-hybridized carbons (Fsp3) is 0.158. The summed E-state index contributed by atoms with van der Waals surface area (Å²) in [6.07, 6.45) is 1.31. The van der Waals surface area contributed by atoms with E-state index in [0.717, 1.165) is 18.2 Å². The van der Waals surface area contributed by atoms with Gasteiger partial charge in [0.2, 0.25) is 0 Å². The van der Waals surface area contributed by atoms with E-state index in [9.17, 15) is 23.2 Å². The average molecular weight is 389 g/mol. The third kappa shape index (κ3) is 5.70. The number of nitrogens with zero attached hydrogens (tertiary/aromatic N) is 1. The molecule has 0 bridgehead atoms. The monoisotopic (exact) mass is 389 g/mol. The van der Waals surface area contributed by atoms with E-state index >= 15 is 0 Å². The normalized spacial score (nSPS) is 10.8. The van der Waals surface area contributed by atoms with Crippen molar-refractivity contribution in [1.29, 1.82) is 0 Å². The molecule has 2 rings (SSSR count). The zero-order chi connectivity index (χ0) is 20.7. The van der Waals surface area contributed by atoms with Crippen LogP contribution in [0.15, 0.2) is 47.6 Å². The Labute approximate surface area is 159 Å². The van der Waals surface area contributed by atoms with E-state index in [4.69, 9.17) is 0 Å². The summed E-state index contributed by atoms with van der Waals surface area (Å²) in [6.45, 7) is 3.35. The zero-order valence-electron chi connectivity index (χ0n) is 15.0. The van der Waals surface area contributed by atoms with E-state index < -0.39 is 35.1 Å². The quantitative estimate of drug-likeness (QED) is 0.465. The van der Waals surface area contributed by atoms with Gasteiger partial charge in [-0.3, -0.25) is 10.1 Å². The highest BCUT2D eigenvalue weighted by Gasteiger charge is 2.19. The fourth-order valence-corrected chi connectivity index (χ4v) is 1.94.